The Balaban J connectivity index is 1.74. The van der Waals surface area contributed by atoms with Gasteiger partial charge >= 0.3 is 5.97 Å². The Morgan fingerprint density at radius 3 is 2.58 bits per heavy atom. The van der Waals surface area contributed by atoms with Crippen LogP contribution in [0.4, 0.5) is 5.69 Å². The molecule has 2 aliphatic rings. The summed E-state index contributed by atoms with van der Waals surface area (Å²) >= 11 is 0. The molecule has 0 radical (unpaired) electrons. The van der Waals surface area contributed by atoms with Crippen LogP contribution in [-0.4, -0.2) is 47.4 Å². The number of aryl methyl sites for hydroxylation is 1. The zero-order valence-corrected chi connectivity index (χ0v) is 15.4. The van der Waals surface area contributed by atoms with Gasteiger partial charge in [0.1, 0.15) is 0 Å². The molecule has 3 atom stereocenters. The molecule has 1 aromatic rings. The molecule has 2 aliphatic heterocycles. The second-order valence-electron chi connectivity index (χ2n) is 7.51. The van der Waals surface area contributed by atoms with E-state index in [1.807, 2.05) is 38.1 Å². The molecule has 2 saturated heterocycles. The van der Waals surface area contributed by atoms with E-state index in [1.54, 1.807) is 9.80 Å². The molecule has 0 aliphatic carbocycles. The van der Waals surface area contributed by atoms with Crippen LogP contribution in [0.3, 0.4) is 0 Å². The summed E-state index contributed by atoms with van der Waals surface area (Å²) in [6, 6.07) is 7.78. The van der Waals surface area contributed by atoms with Crippen molar-refractivity contribution in [3.05, 3.63) is 29.8 Å². The fraction of sp³-hybridized carbons (Fsp3) is 0.550. The van der Waals surface area contributed by atoms with Crippen molar-refractivity contribution < 1.29 is 19.5 Å². The molecule has 6 heteroatoms. The number of carbonyl (C=O) groups is 3. The van der Waals surface area contributed by atoms with Gasteiger partial charge in [0.15, 0.2) is 0 Å². The smallest absolute Gasteiger partial charge is 0.308 e. The van der Waals surface area contributed by atoms with Gasteiger partial charge in [0.2, 0.25) is 11.8 Å². The number of rotatable bonds is 4. The van der Waals surface area contributed by atoms with Crippen molar-refractivity contribution in [3.63, 3.8) is 0 Å². The largest absolute Gasteiger partial charge is 0.481 e. The third kappa shape index (κ3) is 3.59. The Bertz CT molecular complexity index is 718. The lowest BCUT2D eigenvalue weighted by Gasteiger charge is -2.36. The van der Waals surface area contributed by atoms with Crippen molar-refractivity contribution in [2.75, 3.05) is 24.5 Å². The maximum atomic E-state index is 12.9. The van der Waals surface area contributed by atoms with Crippen molar-refractivity contribution in [1.82, 2.24) is 4.90 Å². The highest BCUT2D eigenvalue weighted by Gasteiger charge is 2.40. The Hall–Kier alpha value is -2.37. The standard InChI is InChI=1S/C20H26N2O4/c1-3-14-6-4-5-7-17(14)22-12-15(9-18(22)23)19(24)21-10-13(2)8-16(11-21)20(25)26/h4-7,13,15-16H,3,8-12H2,1-2H3,(H,25,26). The lowest BCUT2D eigenvalue weighted by atomic mass is 9.89. The normalized spacial score (nSPS) is 26.2. The molecule has 1 N–H and O–H groups in total. The highest BCUT2D eigenvalue weighted by molar-refractivity contribution is 6.00. The maximum Gasteiger partial charge on any atom is 0.308 e. The molecule has 0 aromatic heterocycles. The van der Waals surface area contributed by atoms with Crippen molar-refractivity contribution in [2.45, 2.75) is 33.1 Å². The number of benzene rings is 1. The molecule has 2 heterocycles. The van der Waals surface area contributed by atoms with Crippen LogP contribution in [0.15, 0.2) is 24.3 Å². The molecule has 0 spiro atoms. The number of carbonyl (C=O) groups excluding carboxylic acids is 2. The topological polar surface area (TPSA) is 77.9 Å². The second-order valence-corrected chi connectivity index (χ2v) is 7.51. The molecule has 0 bridgehead atoms. The summed E-state index contributed by atoms with van der Waals surface area (Å²) in [5, 5.41) is 9.31. The minimum atomic E-state index is -0.852. The minimum Gasteiger partial charge on any atom is -0.481 e. The van der Waals surface area contributed by atoms with E-state index in [9.17, 15) is 19.5 Å². The molecule has 0 saturated carbocycles. The van der Waals surface area contributed by atoms with Crippen LogP contribution in [0.25, 0.3) is 0 Å². The van der Waals surface area contributed by atoms with Crippen molar-refractivity contribution in [1.29, 1.82) is 0 Å². The number of anilines is 1. The maximum absolute atomic E-state index is 12.9. The molecule has 3 rings (SSSR count). The number of hydrogen-bond donors (Lipinski definition) is 1. The number of carboxylic acid groups (broad SMARTS) is 1. The highest BCUT2D eigenvalue weighted by Crippen LogP contribution is 2.31. The van der Waals surface area contributed by atoms with Gasteiger partial charge in [-0.2, -0.15) is 0 Å². The van der Waals surface area contributed by atoms with Crippen LogP contribution in [0.5, 0.6) is 0 Å². The summed E-state index contributed by atoms with van der Waals surface area (Å²) < 4.78 is 0. The number of aliphatic carboxylic acids is 1. The average molecular weight is 358 g/mol. The van der Waals surface area contributed by atoms with Gasteiger partial charge in [-0.25, -0.2) is 0 Å². The zero-order chi connectivity index (χ0) is 18.8. The molecular weight excluding hydrogens is 332 g/mol. The number of carboxylic acids is 1. The molecule has 26 heavy (non-hydrogen) atoms. The third-order valence-corrected chi connectivity index (χ3v) is 5.46. The Morgan fingerprint density at radius 1 is 1.15 bits per heavy atom. The molecule has 3 unspecified atom stereocenters. The fourth-order valence-electron chi connectivity index (χ4n) is 4.15. The lowest BCUT2D eigenvalue weighted by molar-refractivity contribution is -0.148. The van der Waals surface area contributed by atoms with Crippen LogP contribution >= 0.6 is 0 Å². The predicted molar refractivity (Wildman–Crippen MR) is 97.8 cm³/mol. The molecule has 6 nitrogen and oxygen atoms in total. The van der Waals surface area contributed by atoms with Gasteiger partial charge in [-0.15, -0.1) is 0 Å². The van der Waals surface area contributed by atoms with Crippen LogP contribution in [0.2, 0.25) is 0 Å². The number of hydrogen-bond acceptors (Lipinski definition) is 3. The summed E-state index contributed by atoms with van der Waals surface area (Å²) in [5.41, 5.74) is 1.97. The molecular formula is C20H26N2O4. The van der Waals surface area contributed by atoms with E-state index >= 15 is 0 Å². The van der Waals surface area contributed by atoms with Crippen molar-refractivity contribution >= 4 is 23.5 Å². The Kier molecular flexibility index (Phi) is 5.30. The minimum absolute atomic E-state index is 0.0379. The van der Waals surface area contributed by atoms with Crippen molar-refractivity contribution in [2.24, 2.45) is 17.8 Å². The zero-order valence-electron chi connectivity index (χ0n) is 15.4. The highest BCUT2D eigenvalue weighted by atomic mass is 16.4. The van der Waals surface area contributed by atoms with E-state index in [0.717, 1.165) is 17.7 Å². The van der Waals surface area contributed by atoms with E-state index in [4.69, 9.17) is 0 Å². The van der Waals surface area contributed by atoms with E-state index < -0.39 is 17.8 Å². The average Bonchev–Trinajstić information content (AvgIpc) is 3.02. The van der Waals surface area contributed by atoms with E-state index in [2.05, 4.69) is 0 Å². The monoisotopic (exact) mass is 358 g/mol. The van der Waals surface area contributed by atoms with Gasteiger partial charge in [-0.05, 0) is 30.4 Å². The second kappa shape index (κ2) is 7.48. The van der Waals surface area contributed by atoms with Gasteiger partial charge < -0.3 is 14.9 Å². The summed E-state index contributed by atoms with van der Waals surface area (Å²) in [4.78, 5) is 40.2. The lowest BCUT2D eigenvalue weighted by Crippen LogP contribution is -2.48. The van der Waals surface area contributed by atoms with Crippen LogP contribution < -0.4 is 4.90 Å². The first-order valence-electron chi connectivity index (χ1n) is 9.30. The summed E-state index contributed by atoms with van der Waals surface area (Å²) in [7, 11) is 0. The number of likely N-dealkylation sites (tertiary alicyclic amines) is 1. The van der Waals surface area contributed by atoms with Crippen LogP contribution in [-0.2, 0) is 20.8 Å². The first kappa shape index (κ1) is 18.4. The summed E-state index contributed by atoms with van der Waals surface area (Å²) in [6.07, 6.45) is 1.61. The number of piperidine rings is 1. The van der Waals surface area contributed by atoms with Gasteiger partial charge in [0.25, 0.3) is 0 Å². The van der Waals surface area contributed by atoms with Gasteiger partial charge in [-0.1, -0.05) is 32.0 Å². The number of amides is 2. The van der Waals surface area contributed by atoms with Crippen LogP contribution in [0, 0.1) is 17.8 Å². The van der Waals surface area contributed by atoms with Gasteiger partial charge in [-0.3, -0.25) is 14.4 Å². The van der Waals surface area contributed by atoms with E-state index in [1.165, 1.54) is 0 Å². The summed E-state index contributed by atoms with van der Waals surface area (Å²) in [5.74, 6) is -1.74. The fourth-order valence-corrected chi connectivity index (χ4v) is 4.15. The third-order valence-electron chi connectivity index (χ3n) is 5.46. The van der Waals surface area contributed by atoms with Crippen molar-refractivity contribution in [3.8, 4) is 0 Å². The quantitative estimate of drug-likeness (QED) is 0.895. The van der Waals surface area contributed by atoms with Gasteiger partial charge in [0, 0.05) is 31.7 Å². The predicted octanol–water partition coefficient (Wildman–Crippen LogP) is 2.17. The molecule has 1 aromatic carbocycles. The first-order valence-corrected chi connectivity index (χ1v) is 9.30. The Labute approximate surface area is 153 Å². The Morgan fingerprint density at radius 2 is 1.88 bits per heavy atom. The van der Waals surface area contributed by atoms with E-state index in [0.29, 0.717) is 19.5 Å². The first-order chi connectivity index (χ1) is 12.4. The number of nitrogens with zero attached hydrogens (tertiary/aromatic N) is 2. The van der Waals surface area contributed by atoms with E-state index in [-0.39, 0.29) is 30.7 Å². The number of para-hydroxylation sites is 1. The molecule has 2 fully saturated rings. The van der Waals surface area contributed by atoms with Crippen LogP contribution in [0.1, 0.15) is 32.3 Å². The molecule has 140 valence electrons. The summed E-state index contributed by atoms with van der Waals surface area (Å²) in [6.45, 7) is 5.20. The van der Waals surface area contributed by atoms with Gasteiger partial charge in [0.05, 0.1) is 11.8 Å². The SMILES string of the molecule is CCc1ccccc1N1CC(C(=O)N2CC(C)CC(C(=O)O)C2)CC1=O. The molecule has 2 amide bonds.